The summed E-state index contributed by atoms with van der Waals surface area (Å²) in [5.41, 5.74) is -0.259. The van der Waals surface area contributed by atoms with Crippen molar-refractivity contribution in [2.75, 3.05) is 0 Å². The Hall–Kier alpha value is -0.0400. The van der Waals surface area contributed by atoms with Crippen molar-refractivity contribution in [2.24, 2.45) is 0 Å². The van der Waals surface area contributed by atoms with Gasteiger partial charge in [0.2, 0.25) is 0 Å². The van der Waals surface area contributed by atoms with Gasteiger partial charge in [-0.15, -0.1) is 0 Å². The molecule has 0 aliphatic heterocycles. The molecular formula is C13H26O. The molecule has 1 nitrogen and oxygen atoms in total. The zero-order chi connectivity index (χ0) is 10.3. The van der Waals surface area contributed by atoms with Gasteiger partial charge in [0.25, 0.3) is 0 Å². The third-order valence-electron chi connectivity index (χ3n) is 3.53. The Balaban J connectivity index is 1.92. The number of hydrogen-bond donors (Lipinski definition) is 1. The molecular weight excluding hydrogens is 172 g/mol. The Morgan fingerprint density at radius 1 is 0.929 bits per heavy atom. The minimum absolute atomic E-state index is 0.259. The number of aliphatic hydroxyl groups is 1. The van der Waals surface area contributed by atoms with Crippen LogP contribution >= 0.6 is 0 Å². The van der Waals surface area contributed by atoms with Gasteiger partial charge in [-0.3, -0.25) is 0 Å². The van der Waals surface area contributed by atoms with Gasteiger partial charge in [-0.25, -0.2) is 0 Å². The van der Waals surface area contributed by atoms with Crippen LogP contribution in [0.15, 0.2) is 0 Å². The Labute approximate surface area is 88.9 Å². The lowest BCUT2D eigenvalue weighted by Gasteiger charge is -2.21. The summed E-state index contributed by atoms with van der Waals surface area (Å²) < 4.78 is 0. The van der Waals surface area contributed by atoms with Gasteiger partial charge in [-0.05, 0) is 19.3 Å². The molecule has 0 aromatic heterocycles. The second-order valence-electron chi connectivity index (χ2n) is 4.95. The maximum atomic E-state index is 10.1. The van der Waals surface area contributed by atoms with Crippen LogP contribution in [0.3, 0.4) is 0 Å². The quantitative estimate of drug-likeness (QED) is 0.612. The normalized spacial score (nSPS) is 20.1. The van der Waals surface area contributed by atoms with E-state index in [-0.39, 0.29) is 5.60 Å². The van der Waals surface area contributed by atoms with Gasteiger partial charge in [-0.1, -0.05) is 58.3 Å². The maximum Gasteiger partial charge on any atom is 0.0647 e. The predicted octanol–water partition coefficient (Wildman–Crippen LogP) is 4.04. The predicted molar refractivity (Wildman–Crippen MR) is 61.4 cm³/mol. The standard InChI is InChI=1S/C13H26O/c1-2-3-4-5-6-7-10-13(14)11-8-9-12-13/h14H,2-12H2,1H3. The summed E-state index contributed by atoms with van der Waals surface area (Å²) in [5, 5.41) is 10.1. The number of hydrogen-bond acceptors (Lipinski definition) is 1. The molecule has 0 unspecified atom stereocenters. The van der Waals surface area contributed by atoms with Crippen molar-refractivity contribution in [1.29, 1.82) is 0 Å². The van der Waals surface area contributed by atoms with Crippen LogP contribution in [0.4, 0.5) is 0 Å². The van der Waals surface area contributed by atoms with Gasteiger partial charge in [-0.2, -0.15) is 0 Å². The van der Waals surface area contributed by atoms with E-state index in [9.17, 15) is 5.11 Å². The minimum Gasteiger partial charge on any atom is -0.390 e. The van der Waals surface area contributed by atoms with E-state index in [4.69, 9.17) is 0 Å². The molecule has 1 N–H and O–H groups in total. The highest BCUT2D eigenvalue weighted by Gasteiger charge is 2.29. The zero-order valence-corrected chi connectivity index (χ0v) is 9.73. The van der Waals surface area contributed by atoms with Crippen LogP contribution in [-0.2, 0) is 0 Å². The number of rotatable bonds is 7. The van der Waals surface area contributed by atoms with E-state index in [2.05, 4.69) is 6.92 Å². The Morgan fingerprint density at radius 3 is 2.14 bits per heavy atom. The van der Waals surface area contributed by atoms with E-state index in [1.165, 1.54) is 51.4 Å². The Kier molecular flexibility index (Phi) is 5.54. The van der Waals surface area contributed by atoms with Gasteiger partial charge in [0, 0.05) is 0 Å². The lowest BCUT2D eigenvalue weighted by atomic mass is 9.94. The summed E-state index contributed by atoms with van der Waals surface area (Å²) in [4.78, 5) is 0. The van der Waals surface area contributed by atoms with E-state index in [0.29, 0.717) is 0 Å². The SMILES string of the molecule is CCCCCCCCC1(O)CCCC1. The maximum absolute atomic E-state index is 10.1. The molecule has 84 valence electrons. The van der Waals surface area contributed by atoms with Gasteiger partial charge < -0.3 is 5.11 Å². The second-order valence-corrected chi connectivity index (χ2v) is 4.95. The minimum atomic E-state index is -0.259. The van der Waals surface area contributed by atoms with Crippen LogP contribution in [0, 0.1) is 0 Å². The topological polar surface area (TPSA) is 20.2 Å². The summed E-state index contributed by atoms with van der Waals surface area (Å²) in [6, 6.07) is 0. The van der Waals surface area contributed by atoms with E-state index < -0.39 is 0 Å². The molecule has 0 amide bonds. The third-order valence-corrected chi connectivity index (χ3v) is 3.53. The fraction of sp³-hybridized carbons (Fsp3) is 1.00. The Bertz CT molecular complexity index is 136. The first-order valence-electron chi connectivity index (χ1n) is 6.49. The molecule has 0 radical (unpaired) electrons. The second kappa shape index (κ2) is 6.44. The van der Waals surface area contributed by atoms with Crippen LogP contribution in [0.1, 0.15) is 77.6 Å². The Morgan fingerprint density at radius 2 is 1.50 bits per heavy atom. The summed E-state index contributed by atoms with van der Waals surface area (Å²) in [5.74, 6) is 0. The first-order chi connectivity index (χ1) is 6.77. The van der Waals surface area contributed by atoms with Gasteiger partial charge in [0.15, 0.2) is 0 Å². The van der Waals surface area contributed by atoms with Crippen molar-refractivity contribution >= 4 is 0 Å². The van der Waals surface area contributed by atoms with Crippen LogP contribution in [0.25, 0.3) is 0 Å². The largest absolute Gasteiger partial charge is 0.390 e. The van der Waals surface area contributed by atoms with Crippen molar-refractivity contribution in [1.82, 2.24) is 0 Å². The smallest absolute Gasteiger partial charge is 0.0647 e. The van der Waals surface area contributed by atoms with Crippen molar-refractivity contribution in [3.8, 4) is 0 Å². The molecule has 0 atom stereocenters. The molecule has 14 heavy (non-hydrogen) atoms. The van der Waals surface area contributed by atoms with Gasteiger partial charge in [0.05, 0.1) is 5.60 Å². The molecule has 0 bridgehead atoms. The van der Waals surface area contributed by atoms with Crippen LogP contribution < -0.4 is 0 Å². The zero-order valence-electron chi connectivity index (χ0n) is 9.73. The fourth-order valence-corrected chi connectivity index (χ4v) is 2.52. The van der Waals surface area contributed by atoms with Crippen LogP contribution in [0.2, 0.25) is 0 Å². The lowest BCUT2D eigenvalue weighted by Crippen LogP contribution is -2.23. The summed E-state index contributed by atoms with van der Waals surface area (Å²) in [6.07, 6.45) is 13.7. The molecule has 1 aliphatic rings. The summed E-state index contributed by atoms with van der Waals surface area (Å²) in [6.45, 7) is 2.25. The van der Waals surface area contributed by atoms with Crippen molar-refractivity contribution in [3.63, 3.8) is 0 Å². The molecule has 1 saturated carbocycles. The van der Waals surface area contributed by atoms with Gasteiger partial charge in [0.1, 0.15) is 0 Å². The molecule has 0 aromatic rings. The molecule has 1 rings (SSSR count). The molecule has 0 spiro atoms. The van der Waals surface area contributed by atoms with E-state index in [1.54, 1.807) is 0 Å². The average Bonchev–Trinajstić information content (AvgIpc) is 2.59. The van der Waals surface area contributed by atoms with Crippen LogP contribution in [0.5, 0.6) is 0 Å². The van der Waals surface area contributed by atoms with Crippen molar-refractivity contribution in [2.45, 2.75) is 83.2 Å². The number of unbranched alkanes of at least 4 members (excludes halogenated alkanes) is 5. The molecule has 0 saturated heterocycles. The summed E-state index contributed by atoms with van der Waals surface area (Å²) >= 11 is 0. The third kappa shape index (κ3) is 4.45. The molecule has 1 heteroatoms. The first-order valence-corrected chi connectivity index (χ1v) is 6.49. The molecule has 1 fully saturated rings. The van der Waals surface area contributed by atoms with Crippen molar-refractivity contribution in [3.05, 3.63) is 0 Å². The summed E-state index contributed by atoms with van der Waals surface area (Å²) in [7, 11) is 0. The average molecular weight is 198 g/mol. The highest BCUT2D eigenvalue weighted by molar-refractivity contribution is 4.83. The monoisotopic (exact) mass is 198 g/mol. The highest BCUT2D eigenvalue weighted by Crippen LogP contribution is 2.33. The first kappa shape index (κ1) is 12.0. The van der Waals surface area contributed by atoms with Crippen molar-refractivity contribution < 1.29 is 5.11 Å². The van der Waals surface area contributed by atoms with Crippen LogP contribution in [-0.4, -0.2) is 10.7 Å². The van der Waals surface area contributed by atoms with Gasteiger partial charge >= 0.3 is 0 Å². The highest BCUT2D eigenvalue weighted by atomic mass is 16.3. The molecule has 0 heterocycles. The van der Waals surface area contributed by atoms with E-state index >= 15 is 0 Å². The lowest BCUT2D eigenvalue weighted by molar-refractivity contribution is 0.0361. The molecule has 1 aliphatic carbocycles. The fourth-order valence-electron chi connectivity index (χ4n) is 2.52. The molecule has 0 aromatic carbocycles. The van der Waals surface area contributed by atoms with E-state index in [1.807, 2.05) is 0 Å². The van der Waals surface area contributed by atoms with E-state index in [0.717, 1.165) is 19.3 Å².